The number of hydrogen-bond donors (Lipinski definition) is 1. The van der Waals surface area contributed by atoms with E-state index < -0.39 is 5.97 Å². The predicted molar refractivity (Wildman–Crippen MR) is 105 cm³/mol. The van der Waals surface area contributed by atoms with Crippen molar-refractivity contribution in [1.29, 1.82) is 0 Å². The van der Waals surface area contributed by atoms with Crippen molar-refractivity contribution in [2.45, 2.75) is 65.2 Å². The van der Waals surface area contributed by atoms with Gasteiger partial charge in [0.25, 0.3) is 0 Å². The van der Waals surface area contributed by atoms with Crippen LogP contribution in [-0.4, -0.2) is 11.1 Å². The lowest BCUT2D eigenvalue weighted by Crippen LogP contribution is -1.91. The normalized spacial score (nSPS) is 13.0. The minimum absolute atomic E-state index is 0.213. The zero-order chi connectivity index (χ0) is 17.9. The van der Waals surface area contributed by atoms with Crippen molar-refractivity contribution in [1.82, 2.24) is 0 Å². The Hall–Kier alpha value is -1.83. The average molecular weight is 331 g/mol. The lowest BCUT2D eigenvalue weighted by atomic mass is 10.1. The van der Waals surface area contributed by atoms with E-state index in [4.69, 9.17) is 5.11 Å². The fraction of sp³-hybridized carbons (Fsp3) is 0.500. The fourth-order valence-electron chi connectivity index (χ4n) is 1.96. The van der Waals surface area contributed by atoms with Crippen LogP contribution in [0.3, 0.4) is 0 Å². The molecule has 0 saturated carbocycles. The first-order chi connectivity index (χ1) is 11.6. The second-order valence-corrected chi connectivity index (χ2v) is 6.20. The van der Waals surface area contributed by atoms with Crippen LogP contribution >= 0.6 is 0 Å². The molecule has 0 aliphatic carbocycles. The molecule has 0 atom stereocenters. The van der Waals surface area contributed by atoms with Crippen LogP contribution in [-0.2, 0) is 4.79 Å². The monoisotopic (exact) mass is 330 g/mol. The van der Waals surface area contributed by atoms with E-state index in [0.717, 1.165) is 31.6 Å². The number of aliphatic carboxylic acids is 1. The van der Waals surface area contributed by atoms with Crippen LogP contribution in [0.5, 0.6) is 0 Å². The summed E-state index contributed by atoms with van der Waals surface area (Å²) >= 11 is 0. The second kappa shape index (κ2) is 17.5. The number of carbonyl (C=O) groups is 1. The van der Waals surface area contributed by atoms with Gasteiger partial charge in [0.15, 0.2) is 0 Å². The van der Waals surface area contributed by atoms with Crippen LogP contribution < -0.4 is 0 Å². The van der Waals surface area contributed by atoms with Gasteiger partial charge in [-0.05, 0) is 50.9 Å². The first kappa shape index (κ1) is 22.2. The molecule has 2 nitrogen and oxygen atoms in total. The summed E-state index contributed by atoms with van der Waals surface area (Å²) in [5.74, 6) is 0.0499. The predicted octanol–water partition coefficient (Wildman–Crippen LogP) is 6.63. The smallest absolute Gasteiger partial charge is 0.303 e. The Labute approximate surface area is 148 Å². The van der Waals surface area contributed by atoms with Gasteiger partial charge in [0.1, 0.15) is 0 Å². The summed E-state index contributed by atoms with van der Waals surface area (Å²) < 4.78 is 0. The van der Waals surface area contributed by atoms with E-state index in [1.54, 1.807) is 0 Å². The lowest BCUT2D eigenvalue weighted by Gasteiger charge is -1.98. The van der Waals surface area contributed by atoms with Gasteiger partial charge in [-0.15, -0.1) is 0 Å². The fourth-order valence-corrected chi connectivity index (χ4v) is 1.96. The molecule has 2 heteroatoms. The molecule has 0 aliphatic rings. The molecule has 0 bridgehead atoms. The SMILES string of the molecule is CC(C)CC/C=C/C/C=C/C/C=C/C/C=C/C/C=C/CCC(=O)O. The van der Waals surface area contributed by atoms with Gasteiger partial charge in [-0.25, -0.2) is 0 Å². The summed E-state index contributed by atoms with van der Waals surface area (Å²) in [5.41, 5.74) is 0. The molecule has 0 heterocycles. The number of allylic oxidation sites excluding steroid dienone is 10. The van der Waals surface area contributed by atoms with Gasteiger partial charge in [-0.1, -0.05) is 74.6 Å². The number of rotatable bonds is 14. The Kier molecular flexibility index (Phi) is 16.2. The molecule has 0 unspecified atom stereocenters. The Bertz CT molecular complexity index is 437. The van der Waals surface area contributed by atoms with Gasteiger partial charge in [0, 0.05) is 6.42 Å². The molecule has 0 aromatic carbocycles. The highest BCUT2D eigenvalue weighted by Gasteiger charge is 1.90. The van der Waals surface area contributed by atoms with E-state index in [9.17, 15) is 4.79 Å². The first-order valence-corrected chi connectivity index (χ1v) is 9.09. The maximum absolute atomic E-state index is 10.3. The lowest BCUT2D eigenvalue weighted by molar-refractivity contribution is -0.136. The molecule has 0 radical (unpaired) electrons. The molecule has 1 N–H and O–H groups in total. The highest BCUT2D eigenvalue weighted by atomic mass is 16.4. The summed E-state index contributed by atoms with van der Waals surface area (Å²) in [4.78, 5) is 10.3. The average Bonchev–Trinajstić information content (AvgIpc) is 2.53. The summed E-state index contributed by atoms with van der Waals surface area (Å²) in [6, 6.07) is 0. The van der Waals surface area contributed by atoms with Crippen molar-refractivity contribution in [3.05, 3.63) is 60.8 Å². The van der Waals surface area contributed by atoms with E-state index in [2.05, 4.69) is 62.5 Å². The van der Waals surface area contributed by atoms with Crippen molar-refractivity contribution in [2.24, 2.45) is 5.92 Å². The highest BCUT2D eigenvalue weighted by Crippen LogP contribution is 2.04. The largest absolute Gasteiger partial charge is 0.481 e. The molecular weight excluding hydrogens is 296 g/mol. The van der Waals surface area contributed by atoms with E-state index in [1.165, 1.54) is 12.8 Å². The van der Waals surface area contributed by atoms with Gasteiger partial charge in [-0.2, -0.15) is 0 Å². The Morgan fingerprint density at radius 3 is 1.46 bits per heavy atom. The summed E-state index contributed by atoms with van der Waals surface area (Å²) in [7, 11) is 0. The highest BCUT2D eigenvalue weighted by molar-refractivity contribution is 5.66. The van der Waals surface area contributed by atoms with Crippen LogP contribution in [0.2, 0.25) is 0 Å². The quantitative estimate of drug-likeness (QED) is 0.363. The van der Waals surface area contributed by atoms with Crippen molar-refractivity contribution in [3.8, 4) is 0 Å². The van der Waals surface area contributed by atoms with E-state index in [-0.39, 0.29) is 6.42 Å². The molecule has 0 aromatic rings. The minimum atomic E-state index is -0.739. The van der Waals surface area contributed by atoms with Gasteiger partial charge >= 0.3 is 5.97 Å². The third-order valence-corrected chi connectivity index (χ3v) is 3.36. The van der Waals surface area contributed by atoms with Crippen LogP contribution in [0, 0.1) is 5.92 Å². The number of carboxylic acid groups (broad SMARTS) is 1. The van der Waals surface area contributed by atoms with Gasteiger partial charge in [0.05, 0.1) is 0 Å². The molecule has 24 heavy (non-hydrogen) atoms. The molecule has 0 spiro atoms. The first-order valence-electron chi connectivity index (χ1n) is 9.09. The molecule has 134 valence electrons. The van der Waals surface area contributed by atoms with Crippen molar-refractivity contribution in [2.75, 3.05) is 0 Å². The van der Waals surface area contributed by atoms with E-state index >= 15 is 0 Å². The van der Waals surface area contributed by atoms with Crippen LogP contribution in [0.15, 0.2) is 60.8 Å². The molecule has 0 aliphatic heterocycles. The molecular formula is C22H34O2. The zero-order valence-corrected chi connectivity index (χ0v) is 15.4. The molecule has 0 saturated heterocycles. The summed E-state index contributed by atoms with van der Waals surface area (Å²) in [6.07, 6.45) is 28.6. The third kappa shape index (κ3) is 20.2. The number of hydrogen-bond acceptors (Lipinski definition) is 1. The van der Waals surface area contributed by atoms with Crippen LogP contribution in [0.25, 0.3) is 0 Å². The third-order valence-electron chi connectivity index (χ3n) is 3.36. The van der Waals surface area contributed by atoms with Crippen molar-refractivity contribution < 1.29 is 9.90 Å². The number of carboxylic acids is 1. The van der Waals surface area contributed by atoms with Gasteiger partial charge in [-0.3, -0.25) is 4.79 Å². The van der Waals surface area contributed by atoms with Crippen LogP contribution in [0.1, 0.15) is 65.2 Å². The van der Waals surface area contributed by atoms with Crippen LogP contribution in [0.4, 0.5) is 0 Å². The maximum atomic E-state index is 10.3. The molecule has 0 aromatic heterocycles. The van der Waals surface area contributed by atoms with E-state index in [1.807, 2.05) is 12.2 Å². The van der Waals surface area contributed by atoms with Gasteiger partial charge in [0.2, 0.25) is 0 Å². The zero-order valence-electron chi connectivity index (χ0n) is 15.4. The topological polar surface area (TPSA) is 37.3 Å². The summed E-state index contributed by atoms with van der Waals surface area (Å²) in [6.45, 7) is 4.52. The second-order valence-electron chi connectivity index (χ2n) is 6.20. The standard InChI is InChI=1S/C22H34O2/c1-21(2)19-17-15-13-11-9-7-5-3-4-6-8-10-12-14-16-18-20-22(23)24/h3-4,7-10,13-16,21H,5-6,11-12,17-20H2,1-2H3,(H,23,24)/b4-3+,9-7+,10-8+,15-13+,16-14+. The van der Waals surface area contributed by atoms with E-state index in [0.29, 0.717) is 6.42 Å². The van der Waals surface area contributed by atoms with Gasteiger partial charge < -0.3 is 5.11 Å². The van der Waals surface area contributed by atoms with Crippen molar-refractivity contribution >= 4 is 5.97 Å². The van der Waals surface area contributed by atoms with Crippen molar-refractivity contribution in [3.63, 3.8) is 0 Å². The maximum Gasteiger partial charge on any atom is 0.303 e. The Morgan fingerprint density at radius 2 is 1.08 bits per heavy atom. The Balaban J connectivity index is 3.50. The Morgan fingerprint density at radius 1 is 0.708 bits per heavy atom. The molecule has 0 rings (SSSR count). The summed E-state index contributed by atoms with van der Waals surface area (Å²) in [5, 5.41) is 8.49. The molecule has 0 amide bonds. The minimum Gasteiger partial charge on any atom is -0.481 e. The molecule has 0 fully saturated rings.